The monoisotopic (exact) mass is 438 g/mol. The Balaban J connectivity index is 1.53. The van der Waals surface area contributed by atoms with Crippen molar-refractivity contribution in [3.63, 3.8) is 0 Å². The topological polar surface area (TPSA) is 92.4 Å². The second-order valence-corrected chi connectivity index (χ2v) is 6.96. The first-order chi connectivity index (χ1) is 15.1. The smallest absolute Gasteiger partial charge is 0.264 e. The molecule has 2 aromatic carbocycles. The molecule has 0 aliphatic rings. The van der Waals surface area contributed by atoms with Crippen LogP contribution in [-0.4, -0.2) is 34.3 Å². The lowest BCUT2D eigenvalue weighted by Gasteiger charge is -2.09. The van der Waals surface area contributed by atoms with E-state index in [0.717, 1.165) is 11.3 Å². The van der Waals surface area contributed by atoms with E-state index in [1.165, 1.54) is 0 Å². The van der Waals surface area contributed by atoms with E-state index in [-0.39, 0.29) is 6.61 Å². The molecule has 0 bridgehead atoms. The Bertz CT molecular complexity index is 1190. The van der Waals surface area contributed by atoms with Gasteiger partial charge in [0.15, 0.2) is 23.9 Å². The molecular formula is C22H19ClN4O4. The van der Waals surface area contributed by atoms with Crippen LogP contribution in [0.2, 0.25) is 5.02 Å². The highest BCUT2D eigenvalue weighted by Crippen LogP contribution is 2.36. The molecule has 4 aromatic rings. The van der Waals surface area contributed by atoms with Crippen molar-refractivity contribution in [3.05, 3.63) is 65.1 Å². The number of methoxy groups -OCH3 is 2. The summed E-state index contributed by atoms with van der Waals surface area (Å²) in [7, 11) is 3.13. The molecule has 0 atom stereocenters. The number of ether oxygens (including phenoxy) is 3. The summed E-state index contributed by atoms with van der Waals surface area (Å²) < 4.78 is 21.9. The minimum atomic E-state index is 0.0514. The second-order valence-electron chi connectivity index (χ2n) is 6.52. The van der Waals surface area contributed by atoms with Crippen LogP contribution in [0.1, 0.15) is 11.6 Å². The van der Waals surface area contributed by atoms with Crippen molar-refractivity contribution in [2.45, 2.75) is 13.5 Å². The van der Waals surface area contributed by atoms with Gasteiger partial charge in [0.05, 0.1) is 19.8 Å². The molecule has 9 heteroatoms. The quantitative estimate of drug-likeness (QED) is 0.408. The second kappa shape index (κ2) is 9.01. The Labute approximate surface area is 183 Å². The van der Waals surface area contributed by atoms with Crippen molar-refractivity contribution in [3.8, 4) is 40.2 Å². The minimum Gasteiger partial charge on any atom is -0.493 e. The number of aryl methyl sites for hydroxylation is 1. The first-order valence-corrected chi connectivity index (χ1v) is 9.73. The molecule has 0 aliphatic heterocycles. The molecule has 4 rings (SSSR count). The van der Waals surface area contributed by atoms with E-state index in [1.54, 1.807) is 38.5 Å². The first-order valence-electron chi connectivity index (χ1n) is 9.35. The molecule has 31 heavy (non-hydrogen) atoms. The molecule has 2 aromatic heterocycles. The number of hydrogen-bond donors (Lipinski definition) is 0. The Kier molecular flexibility index (Phi) is 5.99. The lowest BCUT2D eigenvalue weighted by Crippen LogP contribution is -2.01. The lowest BCUT2D eigenvalue weighted by molar-refractivity contribution is 0.235. The van der Waals surface area contributed by atoms with Crippen molar-refractivity contribution >= 4 is 11.6 Å². The highest BCUT2D eigenvalue weighted by atomic mass is 35.5. The number of halogens is 1. The Morgan fingerprint density at radius 1 is 0.935 bits per heavy atom. The average molecular weight is 439 g/mol. The zero-order valence-electron chi connectivity index (χ0n) is 17.1. The van der Waals surface area contributed by atoms with Gasteiger partial charge in [0.2, 0.25) is 11.7 Å². The van der Waals surface area contributed by atoms with Gasteiger partial charge >= 0.3 is 0 Å². The molecule has 0 saturated carbocycles. The van der Waals surface area contributed by atoms with E-state index in [1.807, 2.05) is 31.2 Å². The van der Waals surface area contributed by atoms with Crippen molar-refractivity contribution in [1.29, 1.82) is 0 Å². The molecule has 0 unspecified atom stereocenters. The van der Waals surface area contributed by atoms with Crippen molar-refractivity contribution < 1.29 is 18.7 Å². The molecule has 0 saturated heterocycles. The highest BCUT2D eigenvalue weighted by Gasteiger charge is 2.17. The maximum atomic E-state index is 5.96. The third-order valence-electron chi connectivity index (χ3n) is 4.39. The highest BCUT2D eigenvalue weighted by molar-refractivity contribution is 6.30. The summed E-state index contributed by atoms with van der Waals surface area (Å²) in [5.74, 6) is 2.71. The van der Waals surface area contributed by atoms with E-state index < -0.39 is 0 Å². The first kappa shape index (κ1) is 20.6. The largest absolute Gasteiger partial charge is 0.493 e. The molecule has 0 N–H and O–H groups in total. The number of para-hydroxylation sites is 1. The third-order valence-corrected chi connectivity index (χ3v) is 4.64. The summed E-state index contributed by atoms with van der Waals surface area (Å²) in [6.07, 6.45) is 0. The fourth-order valence-corrected chi connectivity index (χ4v) is 3.09. The van der Waals surface area contributed by atoms with Gasteiger partial charge < -0.3 is 18.7 Å². The van der Waals surface area contributed by atoms with Crippen molar-refractivity contribution in [2.75, 3.05) is 14.2 Å². The van der Waals surface area contributed by atoms with Crippen molar-refractivity contribution in [2.24, 2.45) is 0 Å². The molecule has 0 aliphatic carbocycles. The van der Waals surface area contributed by atoms with E-state index in [9.17, 15) is 0 Å². The summed E-state index contributed by atoms with van der Waals surface area (Å²) >= 11 is 5.96. The fourth-order valence-electron chi connectivity index (χ4n) is 2.96. The summed E-state index contributed by atoms with van der Waals surface area (Å²) in [5.41, 5.74) is 2.25. The molecule has 0 radical (unpaired) electrons. The molecule has 0 amide bonds. The van der Waals surface area contributed by atoms with Crippen LogP contribution in [0.25, 0.3) is 22.8 Å². The SMILES string of the molecule is COc1cccc(-c2noc(COc3cc(C)nc(-c4ccc(Cl)cc4)n3)n2)c1OC. The van der Waals surface area contributed by atoms with Gasteiger partial charge in [-0.1, -0.05) is 22.8 Å². The number of aromatic nitrogens is 4. The summed E-state index contributed by atoms with van der Waals surface area (Å²) in [4.78, 5) is 13.3. The van der Waals surface area contributed by atoms with E-state index in [0.29, 0.717) is 45.5 Å². The normalized spacial score (nSPS) is 10.7. The summed E-state index contributed by atoms with van der Waals surface area (Å²) in [5, 5.41) is 4.67. The van der Waals surface area contributed by atoms with Crippen molar-refractivity contribution in [1.82, 2.24) is 20.1 Å². The standard InChI is InChI=1S/C22H19ClN4O4/c1-13-11-18(25-21(24-13)14-7-9-15(23)10-8-14)30-12-19-26-22(27-31-19)16-5-4-6-17(28-2)20(16)29-3/h4-11H,12H2,1-3H3. The van der Waals surface area contributed by atoms with Gasteiger partial charge in [-0.2, -0.15) is 9.97 Å². The Morgan fingerprint density at radius 3 is 2.48 bits per heavy atom. The van der Waals surface area contributed by atoms with Crippen LogP contribution >= 0.6 is 11.6 Å². The van der Waals surface area contributed by atoms with Crippen LogP contribution in [0.15, 0.2) is 53.1 Å². The van der Waals surface area contributed by atoms with E-state index in [4.69, 9.17) is 30.3 Å². The summed E-state index contributed by atoms with van der Waals surface area (Å²) in [6.45, 7) is 1.92. The molecule has 0 fully saturated rings. The van der Waals surface area contributed by atoms with Crippen LogP contribution in [-0.2, 0) is 6.61 Å². The number of benzene rings is 2. The minimum absolute atomic E-state index is 0.0514. The van der Waals surface area contributed by atoms with Crippen LogP contribution < -0.4 is 14.2 Å². The van der Waals surface area contributed by atoms with Gasteiger partial charge in [0.1, 0.15) is 0 Å². The van der Waals surface area contributed by atoms with Gasteiger partial charge in [-0.15, -0.1) is 0 Å². The maximum absolute atomic E-state index is 5.96. The van der Waals surface area contributed by atoms with Gasteiger partial charge in [-0.25, -0.2) is 4.98 Å². The predicted molar refractivity (Wildman–Crippen MR) is 114 cm³/mol. The van der Waals surface area contributed by atoms with Gasteiger partial charge in [0, 0.05) is 22.3 Å². The van der Waals surface area contributed by atoms with Gasteiger partial charge in [-0.05, 0) is 43.3 Å². The molecule has 2 heterocycles. The molecular weight excluding hydrogens is 420 g/mol. The van der Waals surface area contributed by atoms with Gasteiger partial charge in [0.25, 0.3) is 5.89 Å². The lowest BCUT2D eigenvalue weighted by atomic mass is 10.1. The zero-order chi connectivity index (χ0) is 21.8. The zero-order valence-corrected chi connectivity index (χ0v) is 17.9. The van der Waals surface area contributed by atoms with Crippen LogP contribution in [0.5, 0.6) is 17.4 Å². The Hall–Kier alpha value is -3.65. The van der Waals surface area contributed by atoms with E-state index >= 15 is 0 Å². The van der Waals surface area contributed by atoms with Crippen LogP contribution in [0.3, 0.4) is 0 Å². The number of hydrogen-bond acceptors (Lipinski definition) is 8. The summed E-state index contributed by atoms with van der Waals surface area (Å²) in [6, 6.07) is 14.5. The van der Waals surface area contributed by atoms with Crippen LogP contribution in [0.4, 0.5) is 0 Å². The van der Waals surface area contributed by atoms with Crippen LogP contribution in [0, 0.1) is 6.92 Å². The fraction of sp³-hybridized carbons (Fsp3) is 0.182. The average Bonchev–Trinajstić information content (AvgIpc) is 3.26. The third kappa shape index (κ3) is 4.59. The number of nitrogens with zero attached hydrogens (tertiary/aromatic N) is 4. The molecule has 8 nitrogen and oxygen atoms in total. The number of rotatable bonds is 7. The molecule has 158 valence electrons. The Morgan fingerprint density at radius 2 is 1.74 bits per heavy atom. The predicted octanol–water partition coefficient (Wildman–Crippen LogP) is 4.75. The molecule has 0 spiro atoms. The maximum Gasteiger partial charge on any atom is 0.264 e. The van der Waals surface area contributed by atoms with Gasteiger partial charge in [-0.3, -0.25) is 0 Å². The van der Waals surface area contributed by atoms with E-state index in [2.05, 4.69) is 20.1 Å².